The Labute approximate surface area is 110 Å². The number of hydrogen-bond donors (Lipinski definition) is 3. The molecular formula is C11H18N2O4S. The molecule has 7 heteroatoms. The highest BCUT2D eigenvalue weighted by Crippen LogP contribution is 2.17. The third kappa shape index (κ3) is 6.48. The molecule has 3 amide bonds. The van der Waals surface area contributed by atoms with Crippen molar-refractivity contribution in [3.8, 4) is 0 Å². The van der Waals surface area contributed by atoms with E-state index in [-0.39, 0.29) is 24.1 Å². The van der Waals surface area contributed by atoms with Crippen LogP contribution in [0.25, 0.3) is 0 Å². The van der Waals surface area contributed by atoms with Gasteiger partial charge >= 0.3 is 12.0 Å². The van der Waals surface area contributed by atoms with E-state index in [0.29, 0.717) is 5.75 Å². The molecule has 0 heterocycles. The normalized spacial score (nSPS) is 15.3. The van der Waals surface area contributed by atoms with E-state index in [4.69, 9.17) is 5.11 Å². The Morgan fingerprint density at radius 2 is 1.89 bits per heavy atom. The smallest absolute Gasteiger partial charge is 0.321 e. The van der Waals surface area contributed by atoms with Gasteiger partial charge in [0.2, 0.25) is 5.91 Å². The number of rotatable bonds is 6. The van der Waals surface area contributed by atoms with Gasteiger partial charge in [-0.3, -0.25) is 14.9 Å². The lowest BCUT2D eigenvalue weighted by Gasteiger charge is -2.11. The Kier molecular flexibility index (Phi) is 6.56. The Morgan fingerprint density at radius 1 is 1.22 bits per heavy atom. The van der Waals surface area contributed by atoms with Crippen LogP contribution in [0.4, 0.5) is 4.79 Å². The second-order valence-electron chi connectivity index (χ2n) is 4.20. The maximum Gasteiger partial charge on any atom is 0.321 e. The van der Waals surface area contributed by atoms with Crippen molar-refractivity contribution < 1.29 is 19.5 Å². The lowest BCUT2D eigenvalue weighted by Crippen LogP contribution is -2.44. The number of hydrogen-bond acceptors (Lipinski definition) is 4. The molecule has 102 valence electrons. The molecule has 0 atom stereocenters. The van der Waals surface area contributed by atoms with E-state index in [1.807, 2.05) is 0 Å². The zero-order chi connectivity index (χ0) is 13.4. The summed E-state index contributed by atoms with van der Waals surface area (Å²) >= 11 is 1.20. The van der Waals surface area contributed by atoms with Gasteiger partial charge in [-0.25, -0.2) is 4.79 Å². The fourth-order valence-corrected chi connectivity index (χ4v) is 2.50. The molecule has 1 fully saturated rings. The first-order valence-corrected chi connectivity index (χ1v) is 7.13. The largest absolute Gasteiger partial charge is 0.481 e. The number of amides is 3. The summed E-state index contributed by atoms with van der Waals surface area (Å²) in [5.74, 6) is -0.805. The number of aliphatic carboxylic acids is 1. The molecule has 6 nitrogen and oxygen atoms in total. The minimum atomic E-state index is -0.887. The van der Waals surface area contributed by atoms with E-state index in [1.54, 1.807) is 0 Å². The predicted octanol–water partition coefficient (Wildman–Crippen LogP) is 0.963. The summed E-state index contributed by atoms with van der Waals surface area (Å²) in [6.07, 6.45) is 4.18. The molecule has 0 aromatic rings. The molecule has 1 saturated carbocycles. The van der Waals surface area contributed by atoms with E-state index in [2.05, 4.69) is 10.6 Å². The highest BCUT2D eigenvalue weighted by atomic mass is 32.2. The van der Waals surface area contributed by atoms with Crippen molar-refractivity contribution in [1.29, 1.82) is 0 Å². The average Bonchev–Trinajstić information content (AvgIpc) is 2.76. The molecule has 18 heavy (non-hydrogen) atoms. The highest BCUT2D eigenvalue weighted by molar-refractivity contribution is 7.99. The second kappa shape index (κ2) is 7.97. The Balaban J connectivity index is 2.07. The van der Waals surface area contributed by atoms with Gasteiger partial charge in [0.25, 0.3) is 0 Å². The molecule has 3 N–H and O–H groups in total. The molecule has 0 spiro atoms. The number of thioether (sulfide) groups is 1. The van der Waals surface area contributed by atoms with Crippen molar-refractivity contribution in [2.24, 2.45) is 0 Å². The van der Waals surface area contributed by atoms with Gasteiger partial charge in [-0.15, -0.1) is 0 Å². The van der Waals surface area contributed by atoms with Gasteiger partial charge < -0.3 is 10.4 Å². The number of carboxylic acid groups (broad SMARTS) is 1. The quantitative estimate of drug-likeness (QED) is 0.627. The number of nitrogens with one attached hydrogen (secondary N) is 2. The molecule has 0 unspecified atom stereocenters. The fourth-order valence-electron chi connectivity index (χ4n) is 1.78. The highest BCUT2D eigenvalue weighted by Gasteiger charge is 2.17. The Morgan fingerprint density at radius 3 is 2.50 bits per heavy atom. The van der Waals surface area contributed by atoms with Gasteiger partial charge in [-0.2, -0.15) is 11.8 Å². The Hall–Kier alpha value is -1.24. The maximum atomic E-state index is 11.4. The van der Waals surface area contributed by atoms with Crippen LogP contribution in [0.5, 0.6) is 0 Å². The van der Waals surface area contributed by atoms with Gasteiger partial charge in [-0.05, 0) is 12.8 Å². The summed E-state index contributed by atoms with van der Waals surface area (Å²) < 4.78 is 0. The number of carboxylic acids is 1. The zero-order valence-corrected chi connectivity index (χ0v) is 10.9. The first-order chi connectivity index (χ1) is 8.58. The van der Waals surface area contributed by atoms with Crippen molar-refractivity contribution in [3.05, 3.63) is 0 Å². The van der Waals surface area contributed by atoms with Crippen molar-refractivity contribution in [2.45, 2.75) is 38.1 Å². The van der Waals surface area contributed by atoms with Crippen LogP contribution in [0, 0.1) is 0 Å². The zero-order valence-electron chi connectivity index (χ0n) is 10.1. The maximum absolute atomic E-state index is 11.4. The van der Waals surface area contributed by atoms with Crippen molar-refractivity contribution in [1.82, 2.24) is 10.6 Å². The summed E-state index contributed by atoms with van der Waals surface area (Å²) in [6, 6.07) is -0.275. The molecule has 0 radical (unpaired) electrons. The first kappa shape index (κ1) is 14.8. The van der Waals surface area contributed by atoms with E-state index in [1.165, 1.54) is 11.8 Å². The number of carbonyl (C=O) groups excluding carboxylic acids is 2. The van der Waals surface area contributed by atoms with E-state index < -0.39 is 12.0 Å². The van der Waals surface area contributed by atoms with Crippen LogP contribution < -0.4 is 10.6 Å². The van der Waals surface area contributed by atoms with Gasteiger partial charge in [0.15, 0.2) is 0 Å². The summed E-state index contributed by atoms with van der Waals surface area (Å²) in [5, 5.41) is 13.4. The molecule has 1 aliphatic carbocycles. The van der Waals surface area contributed by atoms with Crippen molar-refractivity contribution in [3.63, 3.8) is 0 Å². The topological polar surface area (TPSA) is 95.5 Å². The third-order valence-electron chi connectivity index (χ3n) is 2.64. The summed E-state index contributed by atoms with van der Waals surface area (Å²) in [4.78, 5) is 33.0. The van der Waals surface area contributed by atoms with Crippen LogP contribution in [0.2, 0.25) is 0 Å². The fraction of sp³-hybridized carbons (Fsp3) is 0.727. The van der Waals surface area contributed by atoms with Crippen LogP contribution in [0.1, 0.15) is 32.1 Å². The third-order valence-corrected chi connectivity index (χ3v) is 3.60. The summed E-state index contributed by atoms with van der Waals surface area (Å²) in [6.45, 7) is 0. The summed E-state index contributed by atoms with van der Waals surface area (Å²) in [7, 11) is 0. The van der Waals surface area contributed by atoms with Crippen LogP contribution in [-0.4, -0.2) is 40.6 Å². The van der Waals surface area contributed by atoms with Gasteiger partial charge in [0, 0.05) is 11.8 Å². The molecule has 0 aliphatic heterocycles. The number of imide groups is 1. The van der Waals surface area contributed by atoms with Crippen LogP contribution in [0.3, 0.4) is 0 Å². The van der Waals surface area contributed by atoms with Crippen LogP contribution in [0.15, 0.2) is 0 Å². The van der Waals surface area contributed by atoms with Crippen LogP contribution >= 0.6 is 11.8 Å². The number of carbonyl (C=O) groups is 3. The molecule has 0 aromatic heterocycles. The lowest BCUT2D eigenvalue weighted by molar-refractivity contribution is -0.136. The molecule has 0 saturated heterocycles. The SMILES string of the molecule is O=C(O)CCSCC(=O)NC(=O)NC1CCCC1. The monoisotopic (exact) mass is 274 g/mol. The average molecular weight is 274 g/mol. The Bertz CT molecular complexity index is 316. The van der Waals surface area contributed by atoms with E-state index in [0.717, 1.165) is 25.7 Å². The summed E-state index contributed by atoms with van der Waals surface area (Å²) in [5.41, 5.74) is 0. The van der Waals surface area contributed by atoms with Gasteiger partial charge in [0.1, 0.15) is 0 Å². The minimum absolute atomic E-state index is 0.0201. The second-order valence-corrected chi connectivity index (χ2v) is 5.30. The van der Waals surface area contributed by atoms with E-state index in [9.17, 15) is 14.4 Å². The molecule has 0 bridgehead atoms. The lowest BCUT2D eigenvalue weighted by atomic mass is 10.2. The standard InChI is InChI=1S/C11H18N2O4S/c14-9(7-18-6-5-10(15)16)13-11(17)12-8-3-1-2-4-8/h8H,1-7H2,(H,15,16)(H2,12,13,14,17). The van der Waals surface area contributed by atoms with Crippen molar-refractivity contribution >= 4 is 29.7 Å². The van der Waals surface area contributed by atoms with Crippen molar-refractivity contribution in [2.75, 3.05) is 11.5 Å². The molecule has 1 rings (SSSR count). The first-order valence-electron chi connectivity index (χ1n) is 5.98. The molecule has 0 aromatic carbocycles. The van der Waals surface area contributed by atoms with E-state index >= 15 is 0 Å². The van der Waals surface area contributed by atoms with Gasteiger partial charge in [0.05, 0.1) is 12.2 Å². The predicted molar refractivity (Wildman–Crippen MR) is 68.5 cm³/mol. The van der Waals surface area contributed by atoms with Gasteiger partial charge in [-0.1, -0.05) is 12.8 Å². The molecular weight excluding hydrogens is 256 g/mol. The van der Waals surface area contributed by atoms with Crippen LogP contribution in [-0.2, 0) is 9.59 Å². The molecule has 1 aliphatic rings. The number of urea groups is 1. The minimum Gasteiger partial charge on any atom is -0.481 e.